The van der Waals surface area contributed by atoms with Gasteiger partial charge in [0, 0.05) is 0 Å². The number of hydrogen-bond acceptors (Lipinski definition) is 5. The van der Waals surface area contributed by atoms with Crippen LogP contribution in [0.4, 0.5) is 4.79 Å². The van der Waals surface area contributed by atoms with Gasteiger partial charge < -0.3 is 19.9 Å². The van der Waals surface area contributed by atoms with Gasteiger partial charge >= 0.3 is 12.1 Å². The van der Waals surface area contributed by atoms with Gasteiger partial charge in [0.1, 0.15) is 5.60 Å². The van der Waals surface area contributed by atoms with E-state index in [1.807, 2.05) is 0 Å². The van der Waals surface area contributed by atoms with E-state index in [9.17, 15) is 14.7 Å². The Bertz CT molecular complexity index is 322. The minimum Gasteiger partial charge on any atom is -0.466 e. The second kappa shape index (κ2) is 8.09. The maximum Gasteiger partial charge on any atom is 0.407 e. The molecule has 1 amide bonds. The first-order valence-corrected chi connectivity index (χ1v) is 6.91. The maximum absolute atomic E-state index is 11.7. The first kappa shape index (κ1) is 18.7. The summed E-state index contributed by atoms with van der Waals surface area (Å²) in [5, 5.41) is 12.3. The van der Waals surface area contributed by atoms with E-state index in [0.29, 0.717) is 6.61 Å². The molecule has 20 heavy (non-hydrogen) atoms. The topological polar surface area (TPSA) is 84.9 Å². The van der Waals surface area contributed by atoms with Gasteiger partial charge in [-0.2, -0.15) is 0 Å². The first-order valence-electron chi connectivity index (χ1n) is 6.91. The van der Waals surface area contributed by atoms with Crippen molar-refractivity contribution in [1.82, 2.24) is 5.32 Å². The van der Waals surface area contributed by atoms with E-state index in [4.69, 9.17) is 9.47 Å². The number of carbonyl (C=O) groups excluding carboxylic acids is 2. The molecule has 3 atom stereocenters. The summed E-state index contributed by atoms with van der Waals surface area (Å²) < 4.78 is 10.0. The standard InChI is InChI=1S/C14H27NO5/c1-7-19-12(17)9(2)8-11(10(3)16)15-13(18)20-14(4,5)6/h9-11,16H,7-8H2,1-6H3,(H,15,18)/t9?,10-,11-/m1/s1. The predicted octanol–water partition coefficient (Wildman–Crippen LogP) is 1.85. The minimum atomic E-state index is -0.792. The van der Waals surface area contributed by atoms with Crippen LogP contribution in [-0.2, 0) is 14.3 Å². The number of hydrogen-bond donors (Lipinski definition) is 2. The average Bonchev–Trinajstić information content (AvgIpc) is 2.25. The third-order valence-electron chi connectivity index (χ3n) is 2.58. The van der Waals surface area contributed by atoms with Crippen LogP contribution >= 0.6 is 0 Å². The Hall–Kier alpha value is -1.30. The first-order chi connectivity index (χ1) is 9.06. The lowest BCUT2D eigenvalue weighted by Gasteiger charge is -2.26. The third kappa shape index (κ3) is 7.99. The van der Waals surface area contributed by atoms with Crippen molar-refractivity contribution in [3.63, 3.8) is 0 Å². The molecule has 0 spiro atoms. The van der Waals surface area contributed by atoms with Crippen LogP contribution in [0.3, 0.4) is 0 Å². The molecule has 0 aliphatic heterocycles. The monoisotopic (exact) mass is 289 g/mol. The summed E-state index contributed by atoms with van der Waals surface area (Å²) in [6.07, 6.45) is -1.12. The van der Waals surface area contributed by atoms with Crippen molar-refractivity contribution in [2.24, 2.45) is 5.92 Å². The summed E-state index contributed by atoms with van der Waals surface area (Å²) >= 11 is 0. The highest BCUT2D eigenvalue weighted by Crippen LogP contribution is 2.13. The highest BCUT2D eigenvalue weighted by molar-refractivity contribution is 5.72. The molecule has 0 aromatic heterocycles. The van der Waals surface area contributed by atoms with Crippen LogP contribution < -0.4 is 5.32 Å². The zero-order chi connectivity index (χ0) is 15.9. The molecule has 0 rings (SSSR count). The lowest BCUT2D eigenvalue weighted by atomic mass is 9.98. The molecule has 1 unspecified atom stereocenters. The fraction of sp³-hybridized carbons (Fsp3) is 0.857. The van der Waals surface area contributed by atoms with Crippen molar-refractivity contribution in [3.8, 4) is 0 Å². The number of rotatable bonds is 6. The van der Waals surface area contributed by atoms with Gasteiger partial charge in [0.05, 0.1) is 24.7 Å². The van der Waals surface area contributed by atoms with Gasteiger partial charge in [-0.3, -0.25) is 4.79 Å². The fourth-order valence-electron chi connectivity index (χ4n) is 1.60. The van der Waals surface area contributed by atoms with Crippen molar-refractivity contribution in [1.29, 1.82) is 0 Å². The second-order valence-corrected chi connectivity index (χ2v) is 5.88. The fourth-order valence-corrected chi connectivity index (χ4v) is 1.60. The molecule has 6 heteroatoms. The SMILES string of the molecule is CCOC(=O)C(C)C[C@@H](NC(=O)OC(C)(C)C)[C@@H](C)O. The molecule has 6 nitrogen and oxygen atoms in total. The number of carbonyl (C=O) groups is 2. The lowest BCUT2D eigenvalue weighted by molar-refractivity contribution is -0.148. The molecule has 0 saturated carbocycles. The highest BCUT2D eigenvalue weighted by Gasteiger charge is 2.26. The van der Waals surface area contributed by atoms with Gasteiger partial charge in [-0.15, -0.1) is 0 Å². The number of amides is 1. The largest absolute Gasteiger partial charge is 0.466 e. The van der Waals surface area contributed by atoms with E-state index < -0.39 is 29.8 Å². The van der Waals surface area contributed by atoms with E-state index in [0.717, 1.165) is 0 Å². The van der Waals surface area contributed by atoms with E-state index >= 15 is 0 Å². The molecular weight excluding hydrogens is 262 g/mol. The molecule has 0 radical (unpaired) electrons. The number of aliphatic hydroxyl groups is 1. The number of ether oxygens (including phenoxy) is 2. The molecule has 0 aromatic rings. The van der Waals surface area contributed by atoms with Crippen LogP contribution in [0.15, 0.2) is 0 Å². The Labute approximate surface area is 120 Å². The summed E-state index contributed by atoms with van der Waals surface area (Å²) in [5.74, 6) is -0.756. The van der Waals surface area contributed by atoms with Gasteiger partial charge in [0.25, 0.3) is 0 Å². The number of aliphatic hydroxyl groups excluding tert-OH is 1. The Morgan fingerprint density at radius 1 is 1.25 bits per heavy atom. The molecule has 0 aliphatic carbocycles. The summed E-state index contributed by atoms with van der Waals surface area (Å²) in [5.41, 5.74) is -0.611. The molecule has 0 heterocycles. The molecule has 0 aliphatic rings. The molecule has 0 fully saturated rings. The molecule has 2 N–H and O–H groups in total. The van der Waals surface area contributed by atoms with Crippen LogP contribution in [-0.4, -0.2) is 41.5 Å². The number of esters is 1. The Morgan fingerprint density at radius 2 is 1.80 bits per heavy atom. The van der Waals surface area contributed by atoms with Gasteiger partial charge in [-0.25, -0.2) is 4.79 Å². The second-order valence-electron chi connectivity index (χ2n) is 5.88. The Kier molecular flexibility index (Phi) is 7.57. The number of nitrogens with one attached hydrogen (secondary N) is 1. The smallest absolute Gasteiger partial charge is 0.407 e. The lowest BCUT2D eigenvalue weighted by Crippen LogP contribution is -2.46. The van der Waals surface area contributed by atoms with Crippen LogP contribution in [0.5, 0.6) is 0 Å². The zero-order valence-electron chi connectivity index (χ0n) is 13.2. The summed E-state index contributed by atoms with van der Waals surface area (Å²) in [7, 11) is 0. The van der Waals surface area contributed by atoms with Crippen LogP contribution in [0.2, 0.25) is 0 Å². The van der Waals surface area contributed by atoms with Crippen molar-refractivity contribution >= 4 is 12.1 Å². The van der Waals surface area contributed by atoms with Crippen LogP contribution in [0.25, 0.3) is 0 Å². The van der Waals surface area contributed by atoms with E-state index in [1.54, 1.807) is 41.5 Å². The maximum atomic E-state index is 11.7. The molecule has 0 bridgehead atoms. The Balaban J connectivity index is 4.51. The van der Waals surface area contributed by atoms with E-state index in [2.05, 4.69) is 5.32 Å². The highest BCUT2D eigenvalue weighted by atomic mass is 16.6. The van der Waals surface area contributed by atoms with Gasteiger partial charge in [0.2, 0.25) is 0 Å². The van der Waals surface area contributed by atoms with Gasteiger partial charge in [-0.05, 0) is 41.0 Å². The van der Waals surface area contributed by atoms with Crippen LogP contribution in [0, 0.1) is 5.92 Å². The zero-order valence-corrected chi connectivity index (χ0v) is 13.2. The van der Waals surface area contributed by atoms with E-state index in [-0.39, 0.29) is 12.4 Å². The van der Waals surface area contributed by atoms with Crippen molar-refractivity contribution in [2.45, 2.75) is 65.7 Å². The average molecular weight is 289 g/mol. The molecule has 0 saturated heterocycles. The van der Waals surface area contributed by atoms with Crippen LogP contribution in [0.1, 0.15) is 48.0 Å². The number of alkyl carbamates (subject to hydrolysis) is 1. The third-order valence-corrected chi connectivity index (χ3v) is 2.58. The van der Waals surface area contributed by atoms with Gasteiger partial charge in [-0.1, -0.05) is 6.92 Å². The molecule has 0 aromatic carbocycles. The summed E-state index contributed by atoms with van der Waals surface area (Å²) in [6.45, 7) is 10.6. The Morgan fingerprint density at radius 3 is 2.20 bits per heavy atom. The summed E-state index contributed by atoms with van der Waals surface area (Å²) in [4.78, 5) is 23.3. The normalized spacial score (nSPS) is 15.9. The minimum absolute atomic E-state index is 0.287. The summed E-state index contributed by atoms with van der Waals surface area (Å²) in [6, 6.07) is -0.566. The van der Waals surface area contributed by atoms with Gasteiger partial charge in [0.15, 0.2) is 0 Å². The van der Waals surface area contributed by atoms with Crippen molar-refractivity contribution < 1.29 is 24.2 Å². The van der Waals surface area contributed by atoms with E-state index in [1.165, 1.54) is 0 Å². The predicted molar refractivity (Wildman–Crippen MR) is 75.3 cm³/mol. The quantitative estimate of drug-likeness (QED) is 0.729. The molecule has 118 valence electrons. The molecular formula is C14H27NO5. The van der Waals surface area contributed by atoms with Crippen molar-refractivity contribution in [3.05, 3.63) is 0 Å². The van der Waals surface area contributed by atoms with Crippen molar-refractivity contribution in [2.75, 3.05) is 6.61 Å².